The van der Waals surface area contributed by atoms with Gasteiger partial charge >= 0.3 is 37.0 Å². The van der Waals surface area contributed by atoms with Gasteiger partial charge < -0.3 is 10.8 Å². The Morgan fingerprint density at radius 1 is 0.957 bits per heavy atom. The molecule has 0 saturated carbocycles. The minimum Gasteiger partial charge on any atom is -0.480 e. The molecule has 4 N–H and O–H groups in total. The molecule has 0 rings (SSSR count). The third-order valence-corrected chi connectivity index (χ3v) is 4.81. The van der Waals surface area contributed by atoms with Gasteiger partial charge in [-0.1, -0.05) is 18.0 Å². The van der Waals surface area contributed by atoms with Gasteiger partial charge in [-0.25, -0.2) is 16.8 Å². The summed E-state index contributed by atoms with van der Waals surface area (Å²) in [6.45, 7) is 3.55. The van der Waals surface area contributed by atoms with Crippen LogP contribution in [0.25, 0.3) is 0 Å². The number of carbonyl (C=O) groups is 1. The van der Waals surface area contributed by atoms with Crippen LogP contribution in [-0.2, 0) is 24.8 Å². The average molecular weight is 398 g/mol. The molecular weight excluding hydrogens is 386 g/mol. The van der Waals surface area contributed by atoms with Crippen LogP contribution < -0.4 is 9.86 Å². The summed E-state index contributed by atoms with van der Waals surface area (Å²) in [5.41, 5.74) is -7.14. The molecule has 0 bridgehead atoms. The summed E-state index contributed by atoms with van der Waals surface area (Å²) in [7, 11) is -13.2. The highest BCUT2D eigenvalue weighted by molar-refractivity contribution is 8.05. The molecule has 0 saturated heterocycles. The summed E-state index contributed by atoms with van der Waals surface area (Å²) in [6.07, 6.45) is 0. The van der Waals surface area contributed by atoms with E-state index in [9.17, 15) is 48.0 Å². The zero-order valence-corrected chi connectivity index (χ0v) is 12.9. The average Bonchev–Trinajstić information content (AvgIpc) is 2.23. The Balaban J connectivity index is 0. The number of alkyl halides is 6. The normalized spacial score (nSPS) is 14.9. The molecule has 0 unspecified atom stereocenters. The molecule has 8 nitrogen and oxygen atoms in total. The van der Waals surface area contributed by atoms with Crippen LogP contribution >= 0.6 is 0 Å². The SMILES string of the molecule is CC(C)[C@@H](N)C(=O)O.O=S(=O)(NS(=O)(=O)C(F)(F)F)C(F)(F)F. The first kappa shape index (κ1) is 24.1. The molecule has 0 amide bonds. The minimum absolute atomic E-state index is 0.0208. The summed E-state index contributed by atoms with van der Waals surface area (Å²) >= 11 is 0. The highest BCUT2D eigenvalue weighted by atomic mass is 32.3. The first-order valence-electron chi connectivity index (χ1n) is 5.15. The van der Waals surface area contributed by atoms with Gasteiger partial charge in [0, 0.05) is 0 Å². The summed E-state index contributed by atoms with van der Waals surface area (Å²) in [5.74, 6) is -0.910. The van der Waals surface area contributed by atoms with E-state index in [-0.39, 0.29) is 5.92 Å². The van der Waals surface area contributed by atoms with Crippen LogP contribution in [-0.4, -0.2) is 45.0 Å². The van der Waals surface area contributed by atoms with E-state index < -0.39 is 47.2 Å². The maximum absolute atomic E-state index is 11.5. The van der Waals surface area contributed by atoms with Crippen molar-refractivity contribution in [3.05, 3.63) is 0 Å². The first-order valence-corrected chi connectivity index (χ1v) is 8.12. The van der Waals surface area contributed by atoms with Crippen LogP contribution in [0.5, 0.6) is 0 Å². The van der Waals surface area contributed by atoms with Crippen molar-refractivity contribution in [3.8, 4) is 0 Å². The Morgan fingerprint density at radius 3 is 1.30 bits per heavy atom. The van der Waals surface area contributed by atoms with Gasteiger partial charge in [0.15, 0.2) is 0 Å². The van der Waals surface area contributed by atoms with E-state index in [1.165, 1.54) is 0 Å². The fraction of sp³-hybridized carbons (Fsp3) is 0.857. The Hall–Kier alpha value is -1.13. The van der Waals surface area contributed by atoms with E-state index in [1.54, 1.807) is 13.8 Å². The molecule has 0 fully saturated rings. The van der Waals surface area contributed by atoms with Crippen molar-refractivity contribution in [2.45, 2.75) is 30.9 Å². The number of nitrogens with one attached hydrogen (secondary N) is 1. The molecular formula is C7H12F6N2O6S2. The molecule has 140 valence electrons. The fourth-order valence-corrected chi connectivity index (χ4v) is 2.44. The molecule has 0 heterocycles. The molecule has 0 spiro atoms. The van der Waals surface area contributed by atoms with Crippen molar-refractivity contribution < 1.29 is 53.1 Å². The minimum atomic E-state index is -6.60. The largest absolute Gasteiger partial charge is 0.512 e. The van der Waals surface area contributed by atoms with Crippen molar-refractivity contribution in [1.82, 2.24) is 4.13 Å². The first-order chi connectivity index (χ1) is 9.76. The number of sulfonamides is 2. The number of rotatable bonds is 4. The van der Waals surface area contributed by atoms with Crippen LogP contribution in [0.3, 0.4) is 0 Å². The van der Waals surface area contributed by atoms with Gasteiger partial charge in [-0.05, 0) is 5.92 Å². The van der Waals surface area contributed by atoms with Crippen LogP contribution in [0.1, 0.15) is 13.8 Å². The molecule has 0 aliphatic heterocycles. The number of aliphatic carboxylic acids is 1. The predicted octanol–water partition coefficient (Wildman–Crippen LogP) is 0.330. The third kappa shape index (κ3) is 7.80. The Morgan fingerprint density at radius 2 is 1.22 bits per heavy atom. The lowest BCUT2D eigenvalue weighted by atomic mass is 10.1. The maximum atomic E-state index is 11.5. The second kappa shape index (κ2) is 7.63. The lowest BCUT2D eigenvalue weighted by Crippen LogP contribution is -2.45. The topological polar surface area (TPSA) is 144 Å². The second-order valence-electron chi connectivity index (χ2n) is 4.09. The van der Waals surface area contributed by atoms with E-state index in [4.69, 9.17) is 10.8 Å². The van der Waals surface area contributed by atoms with E-state index in [1.807, 2.05) is 0 Å². The van der Waals surface area contributed by atoms with E-state index in [0.29, 0.717) is 0 Å². The van der Waals surface area contributed by atoms with Gasteiger partial charge in [0.25, 0.3) is 0 Å². The summed E-state index contributed by atoms with van der Waals surface area (Å²) in [5, 5.41) is 8.23. The standard InChI is InChI=1S/C5H11NO2.C2HF6NO4S2/c1-3(2)4(6)5(7)8;3-1(4,5)14(10,11)9-15(12,13)2(6,7)8/h3-4H,6H2,1-2H3,(H,7,8);9H/t4-;/m1./s1. The molecule has 0 aromatic carbocycles. The highest BCUT2D eigenvalue weighted by Crippen LogP contribution is 2.27. The molecule has 23 heavy (non-hydrogen) atoms. The van der Waals surface area contributed by atoms with Crippen molar-refractivity contribution in [2.24, 2.45) is 11.7 Å². The van der Waals surface area contributed by atoms with E-state index >= 15 is 0 Å². The van der Waals surface area contributed by atoms with Crippen LogP contribution in [0.4, 0.5) is 26.3 Å². The highest BCUT2D eigenvalue weighted by Gasteiger charge is 2.55. The summed E-state index contributed by atoms with van der Waals surface area (Å²) in [6, 6.07) is -0.713. The Bertz CT molecular complexity index is 566. The van der Waals surface area contributed by atoms with Crippen molar-refractivity contribution in [1.29, 1.82) is 0 Å². The number of carboxylic acid groups (broad SMARTS) is 1. The Kier molecular flexibility index (Phi) is 8.00. The number of halogens is 6. The molecule has 0 aliphatic carbocycles. The number of nitrogens with two attached hydrogens (primary N) is 1. The fourth-order valence-electron chi connectivity index (χ4n) is 0.524. The van der Waals surface area contributed by atoms with E-state index in [0.717, 1.165) is 0 Å². The summed E-state index contributed by atoms with van der Waals surface area (Å²) < 4.78 is 108. The maximum Gasteiger partial charge on any atom is 0.512 e. The number of hydrogen-bond acceptors (Lipinski definition) is 6. The lowest BCUT2D eigenvalue weighted by Gasteiger charge is -2.11. The smallest absolute Gasteiger partial charge is 0.480 e. The van der Waals surface area contributed by atoms with Crippen LogP contribution in [0.15, 0.2) is 0 Å². The van der Waals surface area contributed by atoms with Gasteiger partial charge in [-0.15, -0.1) is 0 Å². The second-order valence-corrected chi connectivity index (χ2v) is 7.70. The van der Waals surface area contributed by atoms with Crippen molar-refractivity contribution in [2.75, 3.05) is 0 Å². The van der Waals surface area contributed by atoms with Gasteiger partial charge in [0.2, 0.25) is 0 Å². The third-order valence-electron chi connectivity index (χ3n) is 1.83. The van der Waals surface area contributed by atoms with Crippen LogP contribution in [0, 0.1) is 5.92 Å². The van der Waals surface area contributed by atoms with Crippen LogP contribution in [0.2, 0.25) is 0 Å². The van der Waals surface area contributed by atoms with Crippen molar-refractivity contribution >= 4 is 26.0 Å². The molecule has 16 heteroatoms. The zero-order chi connectivity index (χ0) is 19.4. The quantitative estimate of drug-likeness (QED) is 0.579. The van der Waals surface area contributed by atoms with E-state index in [2.05, 4.69) is 0 Å². The molecule has 0 radical (unpaired) electrons. The van der Waals surface area contributed by atoms with Gasteiger partial charge in [-0.3, -0.25) is 4.79 Å². The Labute approximate surface area is 126 Å². The predicted molar refractivity (Wildman–Crippen MR) is 63.5 cm³/mol. The van der Waals surface area contributed by atoms with Gasteiger partial charge in [0.1, 0.15) is 6.04 Å². The van der Waals surface area contributed by atoms with Crippen molar-refractivity contribution in [3.63, 3.8) is 0 Å². The molecule has 0 aromatic rings. The van der Waals surface area contributed by atoms with Gasteiger partial charge in [0.05, 0.1) is 0 Å². The molecule has 0 aliphatic rings. The zero-order valence-electron chi connectivity index (χ0n) is 11.3. The lowest BCUT2D eigenvalue weighted by molar-refractivity contribution is -0.139. The number of carboxylic acids is 1. The number of hydrogen-bond donors (Lipinski definition) is 3. The van der Waals surface area contributed by atoms with Gasteiger partial charge in [-0.2, -0.15) is 26.3 Å². The monoisotopic (exact) mass is 398 g/mol. The molecule has 1 atom stereocenters. The molecule has 0 aromatic heterocycles. The summed E-state index contributed by atoms with van der Waals surface area (Å²) in [4.78, 5) is 10.0.